The number of anilines is 1. The zero-order valence-corrected chi connectivity index (χ0v) is 21.7. The molecule has 2 unspecified atom stereocenters. The summed E-state index contributed by atoms with van der Waals surface area (Å²) in [6, 6.07) is 21.7. The summed E-state index contributed by atoms with van der Waals surface area (Å²) < 4.78 is 8.01. The fourth-order valence-electron chi connectivity index (χ4n) is 5.18. The van der Waals surface area contributed by atoms with Crippen molar-refractivity contribution >= 4 is 34.6 Å². The number of hydrogen-bond acceptors (Lipinski definition) is 3. The summed E-state index contributed by atoms with van der Waals surface area (Å²) in [6.45, 7) is 6.49. The van der Waals surface area contributed by atoms with Crippen LogP contribution in [-0.4, -0.2) is 21.8 Å². The Morgan fingerprint density at radius 1 is 0.971 bits per heavy atom. The number of nitrogens with one attached hydrogen (secondary N) is 1. The normalized spacial score (nSPS) is 17.5. The second-order valence-electron chi connectivity index (χ2n) is 8.69. The van der Waals surface area contributed by atoms with E-state index in [1.54, 1.807) is 7.11 Å². The van der Waals surface area contributed by atoms with Crippen LogP contribution in [0.2, 0.25) is 5.02 Å². The van der Waals surface area contributed by atoms with Gasteiger partial charge in [-0.05, 0) is 81.0 Å². The van der Waals surface area contributed by atoms with E-state index in [-0.39, 0.29) is 12.1 Å². The van der Waals surface area contributed by atoms with Crippen molar-refractivity contribution in [1.29, 1.82) is 0 Å². The molecule has 0 amide bonds. The van der Waals surface area contributed by atoms with Crippen molar-refractivity contribution in [2.45, 2.75) is 32.9 Å². The third-order valence-electron chi connectivity index (χ3n) is 6.81. The summed E-state index contributed by atoms with van der Waals surface area (Å²) in [6.07, 6.45) is 1.82. The van der Waals surface area contributed by atoms with Gasteiger partial charge in [0.1, 0.15) is 5.75 Å². The van der Waals surface area contributed by atoms with E-state index >= 15 is 0 Å². The third kappa shape index (κ3) is 3.97. The van der Waals surface area contributed by atoms with Crippen molar-refractivity contribution in [1.82, 2.24) is 14.9 Å². The van der Waals surface area contributed by atoms with Crippen LogP contribution in [0.25, 0.3) is 5.69 Å². The molecule has 2 aromatic carbocycles. The number of para-hydroxylation sites is 2. The van der Waals surface area contributed by atoms with Crippen LogP contribution in [0.3, 0.4) is 0 Å². The quantitative estimate of drug-likeness (QED) is 0.310. The van der Waals surface area contributed by atoms with Gasteiger partial charge in [-0.1, -0.05) is 35.9 Å². The van der Waals surface area contributed by atoms with Crippen molar-refractivity contribution in [2.75, 3.05) is 12.0 Å². The third-order valence-corrected chi connectivity index (χ3v) is 7.36. The molecule has 1 aliphatic heterocycles. The van der Waals surface area contributed by atoms with Gasteiger partial charge in [-0.2, -0.15) is 0 Å². The molecule has 5 rings (SSSR count). The lowest BCUT2D eigenvalue weighted by atomic mass is 9.93. The van der Waals surface area contributed by atoms with Crippen molar-refractivity contribution in [3.63, 3.8) is 0 Å². The first kappa shape index (κ1) is 23.4. The summed E-state index contributed by atoms with van der Waals surface area (Å²) in [7, 11) is 1.69. The van der Waals surface area contributed by atoms with Crippen LogP contribution in [0.5, 0.6) is 5.75 Å². The molecule has 0 aliphatic carbocycles. The topological polar surface area (TPSA) is 42.3 Å². The van der Waals surface area contributed by atoms with Crippen molar-refractivity contribution in [3.8, 4) is 11.4 Å². The lowest BCUT2D eigenvalue weighted by Crippen LogP contribution is -2.30. The van der Waals surface area contributed by atoms with Crippen LogP contribution in [0.1, 0.15) is 40.3 Å². The van der Waals surface area contributed by atoms with Crippen molar-refractivity contribution in [2.24, 2.45) is 0 Å². The molecule has 4 aromatic rings. The molecule has 3 heterocycles. The van der Waals surface area contributed by atoms with Gasteiger partial charge in [0.15, 0.2) is 5.11 Å². The van der Waals surface area contributed by atoms with Crippen LogP contribution in [0.15, 0.2) is 72.9 Å². The van der Waals surface area contributed by atoms with Gasteiger partial charge >= 0.3 is 0 Å². The van der Waals surface area contributed by atoms with E-state index in [4.69, 9.17) is 33.5 Å². The van der Waals surface area contributed by atoms with Crippen LogP contribution in [-0.2, 0) is 0 Å². The van der Waals surface area contributed by atoms with Crippen molar-refractivity contribution in [3.05, 3.63) is 106 Å². The van der Waals surface area contributed by atoms with Gasteiger partial charge in [-0.15, -0.1) is 0 Å². The molecule has 1 aliphatic rings. The number of ether oxygens (including phenoxy) is 1. The van der Waals surface area contributed by atoms with Gasteiger partial charge < -0.3 is 19.5 Å². The van der Waals surface area contributed by atoms with E-state index in [0.29, 0.717) is 10.1 Å². The summed E-state index contributed by atoms with van der Waals surface area (Å²) in [5, 5.41) is 4.91. The van der Waals surface area contributed by atoms with Gasteiger partial charge in [0.2, 0.25) is 0 Å². The number of pyridine rings is 1. The average Bonchev–Trinajstić information content (AvgIpc) is 3.31. The number of methoxy groups -OCH3 is 1. The monoisotopic (exact) mass is 502 g/mol. The predicted octanol–water partition coefficient (Wildman–Crippen LogP) is 6.64. The van der Waals surface area contributed by atoms with Gasteiger partial charge in [0, 0.05) is 33.9 Å². The van der Waals surface area contributed by atoms with E-state index in [9.17, 15) is 0 Å². The predicted molar refractivity (Wildman–Crippen MR) is 146 cm³/mol. The molecular formula is C28H27ClN4OS. The Labute approximate surface area is 216 Å². The molecule has 2 atom stereocenters. The molecule has 178 valence electrons. The molecule has 35 heavy (non-hydrogen) atoms. The lowest BCUT2D eigenvalue weighted by molar-refractivity contribution is 0.414. The van der Waals surface area contributed by atoms with E-state index in [1.807, 2.05) is 66.9 Å². The second kappa shape index (κ2) is 9.36. The first-order valence-corrected chi connectivity index (χ1v) is 12.3. The van der Waals surface area contributed by atoms with Gasteiger partial charge in [0.05, 0.1) is 30.6 Å². The number of thiocarbonyl (C=S) groups is 1. The Kier molecular flexibility index (Phi) is 6.26. The van der Waals surface area contributed by atoms with E-state index in [0.717, 1.165) is 34.2 Å². The highest BCUT2D eigenvalue weighted by atomic mass is 35.5. The van der Waals surface area contributed by atoms with E-state index < -0.39 is 0 Å². The first-order chi connectivity index (χ1) is 16.9. The molecular weight excluding hydrogens is 476 g/mol. The highest BCUT2D eigenvalue weighted by Crippen LogP contribution is 2.47. The highest BCUT2D eigenvalue weighted by molar-refractivity contribution is 7.80. The molecule has 0 spiro atoms. The number of rotatable bonds is 5. The minimum Gasteiger partial charge on any atom is -0.495 e. The molecule has 1 fully saturated rings. The van der Waals surface area contributed by atoms with Crippen LogP contribution in [0, 0.1) is 20.8 Å². The first-order valence-electron chi connectivity index (χ1n) is 11.5. The second-order valence-corrected chi connectivity index (χ2v) is 9.52. The number of hydrogen-bond donors (Lipinski definition) is 1. The minimum atomic E-state index is -0.138. The van der Waals surface area contributed by atoms with Crippen LogP contribution >= 0.6 is 23.8 Å². The maximum atomic E-state index is 6.36. The molecule has 0 saturated carbocycles. The largest absolute Gasteiger partial charge is 0.495 e. The summed E-state index contributed by atoms with van der Waals surface area (Å²) in [5.74, 6) is 0.768. The SMILES string of the molecule is COc1ccccc1N1C(=S)NC(c2ccccn2)C1c1c(C)c(C)n(-c2cccc(Cl)c2)c1C. The molecule has 1 N–H and O–H groups in total. The zero-order chi connectivity index (χ0) is 24.7. The number of halogens is 1. The summed E-state index contributed by atoms with van der Waals surface area (Å²) >= 11 is 12.3. The Balaban J connectivity index is 1.75. The Morgan fingerprint density at radius 2 is 1.74 bits per heavy atom. The van der Waals surface area contributed by atoms with Crippen LogP contribution in [0.4, 0.5) is 5.69 Å². The Hall–Kier alpha value is -3.35. The molecule has 2 aromatic heterocycles. The van der Waals surface area contributed by atoms with Gasteiger partial charge in [0.25, 0.3) is 0 Å². The van der Waals surface area contributed by atoms with E-state index in [1.165, 1.54) is 11.1 Å². The maximum absolute atomic E-state index is 6.36. The van der Waals surface area contributed by atoms with Gasteiger partial charge in [-0.25, -0.2) is 0 Å². The fourth-order valence-corrected chi connectivity index (χ4v) is 5.70. The summed E-state index contributed by atoms with van der Waals surface area (Å²) in [4.78, 5) is 6.87. The number of nitrogens with zero attached hydrogens (tertiary/aromatic N) is 3. The Bertz CT molecular complexity index is 1400. The zero-order valence-electron chi connectivity index (χ0n) is 20.1. The average molecular weight is 503 g/mol. The molecule has 7 heteroatoms. The lowest BCUT2D eigenvalue weighted by Gasteiger charge is -2.30. The summed E-state index contributed by atoms with van der Waals surface area (Å²) in [5.41, 5.74) is 7.61. The smallest absolute Gasteiger partial charge is 0.174 e. The van der Waals surface area contributed by atoms with Crippen molar-refractivity contribution < 1.29 is 4.74 Å². The van der Waals surface area contributed by atoms with Gasteiger partial charge in [-0.3, -0.25) is 4.98 Å². The number of benzene rings is 2. The molecule has 1 saturated heterocycles. The molecule has 5 nitrogen and oxygen atoms in total. The van der Waals surface area contributed by atoms with E-state index in [2.05, 4.69) is 41.6 Å². The molecule has 0 bridgehead atoms. The maximum Gasteiger partial charge on any atom is 0.174 e. The Morgan fingerprint density at radius 3 is 2.46 bits per heavy atom. The highest BCUT2D eigenvalue weighted by Gasteiger charge is 2.44. The fraction of sp³-hybridized carbons (Fsp3) is 0.214. The number of aromatic nitrogens is 2. The van der Waals surface area contributed by atoms with Crippen LogP contribution < -0.4 is 15.0 Å². The standard InChI is InChI=1S/C28H27ClN4OS/c1-17-18(2)32(21-11-9-10-20(29)16-21)19(3)25(17)27-26(22-12-7-8-15-30-22)31-28(35)33(27)23-13-5-6-14-24(23)34-4/h5-16,26-27H,1-4H3,(H,31,35). The minimum absolute atomic E-state index is 0.132. The molecule has 0 radical (unpaired) electrons.